The van der Waals surface area contributed by atoms with Crippen LogP contribution >= 0.6 is 0 Å². The van der Waals surface area contributed by atoms with Crippen molar-refractivity contribution in [1.29, 1.82) is 0 Å². The second-order valence-electron chi connectivity index (χ2n) is 6.22. The molecule has 1 amide bonds. The molecule has 1 saturated carbocycles. The zero-order chi connectivity index (χ0) is 14.3. The highest BCUT2D eigenvalue weighted by molar-refractivity contribution is 5.79. The van der Waals surface area contributed by atoms with Crippen LogP contribution in [0.2, 0.25) is 0 Å². The van der Waals surface area contributed by atoms with E-state index in [0.29, 0.717) is 6.42 Å². The quantitative estimate of drug-likeness (QED) is 0.846. The molecule has 1 aromatic carbocycles. The first-order valence-corrected chi connectivity index (χ1v) is 7.52. The van der Waals surface area contributed by atoms with Crippen LogP contribution in [0.5, 0.6) is 0 Å². The Kier molecular flexibility index (Phi) is 2.81. The molecule has 4 rings (SSSR count). The number of carbonyl (C=O) groups is 1. The van der Waals surface area contributed by atoms with Crippen molar-refractivity contribution in [1.82, 2.24) is 9.88 Å². The van der Waals surface area contributed by atoms with Crippen LogP contribution in [-0.4, -0.2) is 22.3 Å². The van der Waals surface area contributed by atoms with Gasteiger partial charge in [0.25, 0.3) is 0 Å². The second kappa shape index (κ2) is 4.69. The molecule has 3 heteroatoms. The van der Waals surface area contributed by atoms with E-state index in [4.69, 9.17) is 0 Å². The number of fused-ring (bicyclic) bond motifs is 2. The molecule has 3 nitrogen and oxygen atoms in total. The minimum absolute atomic E-state index is 0.224. The number of amides is 1. The lowest BCUT2D eigenvalue weighted by atomic mass is 9.87. The minimum Gasteiger partial charge on any atom is -0.337 e. The van der Waals surface area contributed by atoms with Crippen LogP contribution in [0.25, 0.3) is 0 Å². The van der Waals surface area contributed by atoms with Crippen LogP contribution in [0.15, 0.2) is 48.8 Å². The van der Waals surface area contributed by atoms with Crippen LogP contribution in [0.3, 0.4) is 0 Å². The Morgan fingerprint density at radius 2 is 1.90 bits per heavy atom. The smallest absolute Gasteiger partial charge is 0.227 e. The van der Waals surface area contributed by atoms with Gasteiger partial charge in [0, 0.05) is 30.9 Å². The van der Waals surface area contributed by atoms with Gasteiger partial charge in [0.2, 0.25) is 5.91 Å². The van der Waals surface area contributed by atoms with E-state index in [0.717, 1.165) is 18.7 Å². The standard InChI is InChI=1S/C18H18N2O/c21-17(11-14-5-9-19-10-6-14)20-12-15-3-1-2-4-16(15)18(13-20)7-8-18/h1-6,9-10H,7-8,11-13H2. The summed E-state index contributed by atoms with van der Waals surface area (Å²) in [5.41, 5.74) is 4.09. The fraction of sp³-hybridized carbons (Fsp3) is 0.333. The van der Waals surface area contributed by atoms with Crippen LogP contribution < -0.4 is 0 Å². The normalized spacial score (nSPS) is 18.4. The van der Waals surface area contributed by atoms with Crippen LogP contribution in [0, 0.1) is 0 Å². The molecule has 0 atom stereocenters. The van der Waals surface area contributed by atoms with Gasteiger partial charge in [0.1, 0.15) is 0 Å². The first-order valence-electron chi connectivity index (χ1n) is 7.52. The molecule has 0 bridgehead atoms. The number of benzene rings is 1. The summed E-state index contributed by atoms with van der Waals surface area (Å²) in [6, 6.07) is 12.4. The molecule has 0 radical (unpaired) electrons. The topological polar surface area (TPSA) is 33.2 Å². The molecule has 1 aliphatic carbocycles. The fourth-order valence-corrected chi connectivity index (χ4v) is 3.43. The predicted molar refractivity (Wildman–Crippen MR) is 80.7 cm³/mol. The summed E-state index contributed by atoms with van der Waals surface area (Å²) < 4.78 is 0. The van der Waals surface area contributed by atoms with Gasteiger partial charge in [-0.25, -0.2) is 0 Å². The van der Waals surface area contributed by atoms with Gasteiger partial charge in [-0.15, -0.1) is 0 Å². The summed E-state index contributed by atoms with van der Waals surface area (Å²) in [6.07, 6.45) is 6.39. The molecule has 1 spiro atoms. The zero-order valence-electron chi connectivity index (χ0n) is 12.0. The maximum Gasteiger partial charge on any atom is 0.227 e. The second-order valence-corrected chi connectivity index (χ2v) is 6.22. The van der Waals surface area contributed by atoms with Gasteiger partial charge in [-0.1, -0.05) is 24.3 Å². The molecule has 106 valence electrons. The van der Waals surface area contributed by atoms with E-state index in [-0.39, 0.29) is 11.3 Å². The lowest BCUT2D eigenvalue weighted by molar-refractivity contribution is -0.132. The van der Waals surface area contributed by atoms with Gasteiger partial charge in [-0.3, -0.25) is 9.78 Å². The van der Waals surface area contributed by atoms with Crippen molar-refractivity contribution < 1.29 is 4.79 Å². The van der Waals surface area contributed by atoms with E-state index in [1.54, 1.807) is 12.4 Å². The van der Waals surface area contributed by atoms with Crippen molar-refractivity contribution in [3.63, 3.8) is 0 Å². The molecule has 0 N–H and O–H groups in total. The van der Waals surface area contributed by atoms with Crippen molar-refractivity contribution in [2.75, 3.05) is 6.54 Å². The lowest BCUT2D eigenvalue weighted by Crippen LogP contribution is -2.42. The number of hydrogen-bond donors (Lipinski definition) is 0. The van der Waals surface area contributed by atoms with Crippen LogP contribution in [-0.2, 0) is 23.2 Å². The number of rotatable bonds is 2. The highest BCUT2D eigenvalue weighted by Crippen LogP contribution is 2.52. The molecule has 2 aliphatic rings. The Bertz CT molecular complexity index is 677. The molecule has 0 saturated heterocycles. The maximum atomic E-state index is 12.6. The number of aromatic nitrogens is 1. The number of hydrogen-bond acceptors (Lipinski definition) is 2. The van der Waals surface area contributed by atoms with E-state index in [1.807, 2.05) is 17.0 Å². The van der Waals surface area contributed by atoms with Crippen molar-refractivity contribution in [3.05, 3.63) is 65.5 Å². The monoisotopic (exact) mass is 278 g/mol. The average molecular weight is 278 g/mol. The molecule has 2 aromatic rings. The largest absolute Gasteiger partial charge is 0.337 e. The van der Waals surface area contributed by atoms with Crippen molar-refractivity contribution >= 4 is 5.91 Å². The summed E-state index contributed by atoms with van der Waals surface area (Å²) in [4.78, 5) is 18.6. The fourth-order valence-electron chi connectivity index (χ4n) is 3.43. The third-order valence-corrected chi connectivity index (χ3v) is 4.75. The Hall–Kier alpha value is -2.16. The van der Waals surface area contributed by atoms with Gasteiger partial charge < -0.3 is 4.90 Å². The highest BCUT2D eigenvalue weighted by atomic mass is 16.2. The molecule has 1 aromatic heterocycles. The number of pyridine rings is 1. The van der Waals surface area contributed by atoms with Crippen molar-refractivity contribution in [2.24, 2.45) is 0 Å². The lowest BCUT2D eigenvalue weighted by Gasteiger charge is -2.35. The van der Waals surface area contributed by atoms with E-state index in [2.05, 4.69) is 29.2 Å². The molecule has 1 fully saturated rings. The van der Waals surface area contributed by atoms with Crippen molar-refractivity contribution in [3.8, 4) is 0 Å². The molecule has 1 aliphatic heterocycles. The van der Waals surface area contributed by atoms with E-state index >= 15 is 0 Å². The molecule has 2 heterocycles. The number of nitrogens with zero attached hydrogens (tertiary/aromatic N) is 2. The third-order valence-electron chi connectivity index (χ3n) is 4.75. The van der Waals surface area contributed by atoms with Crippen LogP contribution in [0.1, 0.15) is 29.5 Å². The Balaban J connectivity index is 1.57. The van der Waals surface area contributed by atoms with E-state index in [1.165, 1.54) is 24.0 Å². The van der Waals surface area contributed by atoms with Gasteiger partial charge >= 0.3 is 0 Å². The summed E-state index contributed by atoms with van der Waals surface area (Å²) in [5.74, 6) is 0.224. The Morgan fingerprint density at radius 3 is 2.67 bits per heavy atom. The summed E-state index contributed by atoms with van der Waals surface area (Å²) in [7, 11) is 0. The molecular formula is C18H18N2O. The van der Waals surface area contributed by atoms with E-state index in [9.17, 15) is 4.79 Å². The van der Waals surface area contributed by atoms with Gasteiger partial charge in [0.05, 0.1) is 6.42 Å². The van der Waals surface area contributed by atoms with E-state index < -0.39 is 0 Å². The first-order chi connectivity index (χ1) is 10.3. The van der Waals surface area contributed by atoms with Crippen LogP contribution in [0.4, 0.5) is 0 Å². The highest BCUT2D eigenvalue weighted by Gasteiger charge is 2.49. The molecule has 0 unspecified atom stereocenters. The predicted octanol–water partition coefficient (Wildman–Crippen LogP) is 2.70. The van der Waals surface area contributed by atoms with Crippen molar-refractivity contribution in [2.45, 2.75) is 31.2 Å². The molecule has 21 heavy (non-hydrogen) atoms. The summed E-state index contributed by atoms with van der Waals surface area (Å²) in [5, 5.41) is 0. The SMILES string of the molecule is O=C(Cc1ccncc1)N1Cc2ccccc2C2(CC2)C1. The number of carbonyl (C=O) groups excluding carboxylic acids is 1. The first kappa shape index (κ1) is 12.6. The maximum absolute atomic E-state index is 12.6. The minimum atomic E-state index is 0.224. The Morgan fingerprint density at radius 1 is 1.14 bits per heavy atom. The third kappa shape index (κ3) is 2.23. The van der Waals surface area contributed by atoms with Gasteiger partial charge in [-0.05, 0) is 41.7 Å². The zero-order valence-corrected chi connectivity index (χ0v) is 12.0. The average Bonchev–Trinajstić information content (AvgIpc) is 3.28. The Labute approximate surface area is 124 Å². The summed E-state index contributed by atoms with van der Waals surface area (Å²) >= 11 is 0. The summed E-state index contributed by atoms with van der Waals surface area (Å²) in [6.45, 7) is 1.63. The van der Waals surface area contributed by atoms with Gasteiger partial charge in [-0.2, -0.15) is 0 Å². The van der Waals surface area contributed by atoms with Gasteiger partial charge in [0.15, 0.2) is 0 Å². The molecular weight excluding hydrogens is 260 g/mol.